The third-order valence-corrected chi connectivity index (χ3v) is 5.01. The fraction of sp³-hybridized carbons (Fsp3) is 0.545. The van der Waals surface area contributed by atoms with Crippen LogP contribution >= 0.6 is 0 Å². The Morgan fingerprint density at radius 3 is 2.76 bits per heavy atom. The molecule has 0 amide bonds. The maximum absolute atomic E-state index is 5.73. The van der Waals surface area contributed by atoms with E-state index in [-0.39, 0.29) is 0 Å². The predicted octanol–water partition coefficient (Wildman–Crippen LogP) is 2.71. The van der Waals surface area contributed by atoms with Gasteiger partial charge in [0, 0.05) is 52.4 Å². The van der Waals surface area contributed by atoms with Gasteiger partial charge >= 0.3 is 0 Å². The molecule has 7 heteroatoms. The van der Waals surface area contributed by atoms with Crippen LogP contribution in [-0.2, 0) is 13.0 Å². The number of aryl methyl sites for hydroxylation is 1. The molecule has 0 radical (unpaired) electrons. The molecule has 0 saturated carbocycles. The zero-order chi connectivity index (χ0) is 20.5. The molecule has 7 nitrogen and oxygen atoms in total. The monoisotopic (exact) mass is 399 g/mol. The van der Waals surface area contributed by atoms with E-state index in [2.05, 4.69) is 50.4 Å². The highest BCUT2D eigenvalue weighted by Crippen LogP contribution is 2.14. The van der Waals surface area contributed by atoms with Crippen LogP contribution in [0.2, 0.25) is 0 Å². The molecule has 3 rings (SSSR count). The van der Waals surface area contributed by atoms with Crippen molar-refractivity contribution in [1.29, 1.82) is 0 Å². The number of nitrogens with zero attached hydrogens (tertiary/aromatic N) is 4. The average Bonchev–Trinajstić information content (AvgIpc) is 3.15. The van der Waals surface area contributed by atoms with E-state index >= 15 is 0 Å². The van der Waals surface area contributed by atoms with Crippen LogP contribution in [0.5, 0.6) is 5.75 Å². The molecule has 1 fully saturated rings. The Morgan fingerprint density at radius 1 is 1.24 bits per heavy atom. The van der Waals surface area contributed by atoms with Gasteiger partial charge in [-0.2, -0.15) is 0 Å². The van der Waals surface area contributed by atoms with Crippen LogP contribution in [0.25, 0.3) is 0 Å². The minimum Gasteiger partial charge on any atom is -0.494 e. The van der Waals surface area contributed by atoms with Gasteiger partial charge in [0.15, 0.2) is 5.96 Å². The van der Waals surface area contributed by atoms with Crippen molar-refractivity contribution in [2.24, 2.45) is 4.99 Å². The molecule has 1 saturated heterocycles. The van der Waals surface area contributed by atoms with Crippen LogP contribution in [0.1, 0.15) is 30.4 Å². The smallest absolute Gasteiger partial charge is 0.193 e. The second-order valence-electron chi connectivity index (χ2n) is 7.41. The zero-order valence-electron chi connectivity index (χ0n) is 17.9. The van der Waals surface area contributed by atoms with Crippen LogP contribution in [0.3, 0.4) is 0 Å². The average molecular weight is 400 g/mol. The van der Waals surface area contributed by atoms with Gasteiger partial charge in [-0.05, 0) is 37.5 Å². The Bertz CT molecular complexity index is 781. The summed E-state index contributed by atoms with van der Waals surface area (Å²) in [6, 6.07) is 10.4. The molecule has 29 heavy (non-hydrogen) atoms. The van der Waals surface area contributed by atoms with Crippen LogP contribution in [0.4, 0.5) is 0 Å². The lowest BCUT2D eigenvalue weighted by atomic mass is 10.1. The van der Waals surface area contributed by atoms with E-state index in [0.717, 1.165) is 81.9 Å². The lowest BCUT2D eigenvalue weighted by Gasteiger charge is -2.36. The molecule has 0 aliphatic carbocycles. The zero-order valence-corrected chi connectivity index (χ0v) is 17.9. The number of aliphatic imine (C=N–C) groups is 1. The van der Waals surface area contributed by atoms with Gasteiger partial charge < -0.3 is 19.5 Å². The SMILES string of the molecule is CCCOc1cccc(CCNC(=NC)N2CCN(Cc3cc(C)on3)CC2)c1. The van der Waals surface area contributed by atoms with Crippen LogP contribution < -0.4 is 10.1 Å². The highest BCUT2D eigenvalue weighted by Gasteiger charge is 2.20. The van der Waals surface area contributed by atoms with Crippen molar-refractivity contribution in [2.45, 2.75) is 33.2 Å². The number of ether oxygens (including phenoxy) is 1. The summed E-state index contributed by atoms with van der Waals surface area (Å²) in [4.78, 5) is 9.20. The summed E-state index contributed by atoms with van der Waals surface area (Å²) in [5.41, 5.74) is 2.28. The molecule has 2 aromatic rings. The van der Waals surface area contributed by atoms with Gasteiger partial charge in [0.25, 0.3) is 0 Å². The minimum atomic E-state index is 0.761. The first-order valence-electron chi connectivity index (χ1n) is 10.5. The van der Waals surface area contributed by atoms with E-state index in [0.29, 0.717) is 0 Å². The maximum atomic E-state index is 5.73. The van der Waals surface area contributed by atoms with E-state index in [1.54, 1.807) is 0 Å². The molecule has 158 valence electrons. The van der Waals surface area contributed by atoms with E-state index < -0.39 is 0 Å². The van der Waals surface area contributed by atoms with Gasteiger partial charge in [-0.15, -0.1) is 0 Å². The van der Waals surface area contributed by atoms with Gasteiger partial charge in [0.05, 0.1) is 12.3 Å². The molecule has 1 aliphatic rings. The Kier molecular flexibility index (Phi) is 7.93. The standard InChI is InChI=1S/C22H33N5O2/c1-4-14-28-21-7-5-6-19(16-21)8-9-24-22(23-3)27-12-10-26(11-13-27)17-20-15-18(2)29-25-20/h5-7,15-16H,4,8-14,17H2,1-3H3,(H,23,24). The molecule has 1 N–H and O–H groups in total. The number of hydrogen-bond acceptors (Lipinski definition) is 5. The second kappa shape index (κ2) is 10.9. The number of benzene rings is 1. The summed E-state index contributed by atoms with van der Waals surface area (Å²) < 4.78 is 10.9. The molecule has 1 aromatic carbocycles. The first-order chi connectivity index (χ1) is 14.2. The highest BCUT2D eigenvalue weighted by atomic mass is 16.5. The molecule has 0 bridgehead atoms. The number of guanidine groups is 1. The molecule has 0 unspecified atom stereocenters. The fourth-order valence-corrected chi connectivity index (χ4v) is 3.50. The summed E-state index contributed by atoms with van der Waals surface area (Å²) in [7, 11) is 1.85. The topological polar surface area (TPSA) is 66.1 Å². The van der Waals surface area contributed by atoms with Crippen LogP contribution in [0.15, 0.2) is 39.8 Å². The summed E-state index contributed by atoms with van der Waals surface area (Å²) in [5, 5.41) is 7.60. The van der Waals surface area contributed by atoms with E-state index in [1.807, 2.05) is 26.1 Å². The largest absolute Gasteiger partial charge is 0.494 e. The summed E-state index contributed by atoms with van der Waals surface area (Å²) in [5.74, 6) is 2.79. The van der Waals surface area contributed by atoms with Gasteiger partial charge in [-0.3, -0.25) is 9.89 Å². The molecular formula is C22H33N5O2. The number of hydrogen-bond donors (Lipinski definition) is 1. The molecule has 2 heterocycles. The number of rotatable bonds is 8. The van der Waals surface area contributed by atoms with E-state index in [4.69, 9.17) is 9.26 Å². The van der Waals surface area contributed by atoms with Crippen molar-refractivity contribution >= 4 is 5.96 Å². The molecular weight excluding hydrogens is 366 g/mol. The third kappa shape index (κ3) is 6.49. The summed E-state index contributed by atoms with van der Waals surface area (Å²) >= 11 is 0. The number of nitrogens with one attached hydrogen (secondary N) is 1. The Balaban J connectivity index is 1.41. The lowest BCUT2D eigenvalue weighted by molar-refractivity contribution is 0.169. The molecule has 0 atom stereocenters. The van der Waals surface area contributed by atoms with Gasteiger partial charge in [-0.25, -0.2) is 0 Å². The fourth-order valence-electron chi connectivity index (χ4n) is 3.50. The van der Waals surface area contributed by atoms with Crippen molar-refractivity contribution in [3.05, 3.63) is 47.3 Å². The first-order valence-corrected chi connectivity index (χ1v) is 10.5. The first kappa shape index (κ1) is 21.2. The Hall–Kier alpha value is -2.54. The van der Waals surface area contributed by atoms with Crippen LogP contribution in [-0.4, -0.2) is 67.3 Å². The van der Waals surface area contributed by atoms with Crippen molar-refractivity contribution in [2.75, 3.05) is 46.4 Å². The van der Waals surface area contributed by atoms with Gasteiger partial charge in [0.1, 0.15) is 11.5 Å². The number of piperazine rings is 1. The van der Waals surface area contributed by atoms with Crippen molar-refractivity contribution in [3.8, 4) is 5.75 Å². The van der Waals surface area contributed by atoms with Crippen molar-refractivity contribution < 1.29 is 9.26 Å². The molecule has 0 spiro atoms. The lowest BCUT2D eigenvalue weighted by Crippen LogP contribution is -2.52. The number of aromatic nitrogens is 1. The second-order valence-corrected chi connectivity index (χ2v) is 7.41. The quantitative estimate of drug-likeness (QED) is 0.544. The summed E-state index contributed by atoms with van der Waals surface area (Å²) in [6.45, 7) is 10.4. The normalized spacial score (nSPS) is 15.6. The van der Waals surface area contributed by atoms with E-state index in [1.165, 1.54) is 5.56 Å². The molecule has 1 aliphatic heterocycles. The highest BCUT2D eigenvalue weighted by molar-refractivity contribution is 5.80. The van der Waals surface area contributed by atoms with Crippen molar-refractivity contribution in [3.63, 3.8) is 0 Å². The Morgan fingerprint density at radius 2 is 2.07 bits per heavy atom. The third-order valence-electron chi connectivity index (χ3n) is 5.01. The van der Waals surface area contributed by atoms with Crippen LogP contribution in [0, 0.1) is 6.92 Å². The van der Waals surface area contributed by atoms with Gasteiger partial charge in [-0.1, -0.05) is 24.2 Å². The van der Waals surface area contributed by atoms with Crippen molar-refractivity contribution in [1.82, 2.24) is 20.3 Å². The Labute approximate surface area is 173 Å². The maximum Gasteiger partial charge on any atom is 0.193 e. The molecule has 1 aromatic heterocycles. The predicted molar refractivity (Wildman–Crippen MR) is 115 cm³/mol. The minimum absolute atomic E-state index is 0.761. The van der Waals surface area contributed by atoms with E-state index in [9.17, 15) is 0 Å². The van der Waals surface area contributed by atoms with Gasteiger partial charge in [0.2, 0.25) is 0 Å². The summed E-state index contributed by atoms with van der Waals surface area (Å²) in [6.07, 6.45) is 1.96.